The highest BCUT2D eigenvalue weighted by Gasteiger charge is 2.36. The number of para-hydroxylation sites is 1. The first-order valence-electron chi connectivity index (χ1n) is 20.8. The monoisotopic (exact) mass is 757 g/mol. The van der Waals surface area contributed by atoms with Gasteiger partial charge in [-0.1, -0.05) is 140 Å². The van der Waals surface area contributed by atoms with Gasteiger partial charge in [0.25, 0.3) is 0 Å². The first-order valence-corrected chi connectivity index (χ1v) is 20.8. The van der Waals surface area contributed by atoms with E-state index in [2.05, 4.69) is 192 Å². The Morgan fingerprint density at radius 2 is 0.883 bits per heavy atom. The molecule has 5 heterocycles. The van der Waals surface area contributed by atoms with Crippen LogP contribution in [0.2, 0.25) is 0 Å². The van der Waals surface area contributed by atoms with Crippen molar-refractivity contribution in [2.75, 3.05) is 9.80 Å². The molecule has 15 rings (SSSR count). The molecule has 0 saturated heterocycles. The van der Waals surface area contributed by atoms with Crippen LogP contribution in [0.15, 0.2) is 188 Å². The van der Waals surface area contributed by atoms with Gasteiger partial charge in [0.15, 0.2) is 0 Å². The van der Waals surface area contributed by atoms with Gasteiger partial charge < -0.3 is 9.80 Å². The van der Waals surface area contributed by atoms with E-state index in [4.69, 9.17) is 4.98 Å². The molecular formula is C57H31N3. The Bertz CT molecular complexity index is 3780. The fraction of sp³-hybridized carbons (Fsp3) is 0. The number of nitrogens with zero attached hydrogens (tertiary/aromatic N) is 3. The van der Waals surface area contributed by atoms with Crippen LogP contribution in [0.3, 0.4) is 0 Å². The Hall–Kier alpha value is -8.01. The van der Waals surface area contributed by atoms with E-state index in [1.54, 1.807) is 0 Å². The molecule has 3 nitrogen and oxygen atoms in total. The molecule has 0 fully saturated rings. The van der Waals surface area contributed by atoms with Crippen molar-refractivity contribution in [1.82, 2.24) is 4.98 Å². The highest BCUT2D eigenvalue weighted by Crippen LogP contribution is 2.61. The summed E-state index contributed by atoms with van der Waals surface area (Å²) >= 11 is 0. The molecule has 274 valence electrons. The number of rotatable bonds is 2. The molecule has 4 aliphatic rings. The maximum absolute atomic E-state index is 5.07. The SMILES string of the molecule is c1ccc2c(c1)-c1cccc3ccc4c(c13)N2c1ccc(-c2ccc(-c3cc5c6c7c(ccc6c3)-c3cccc6cccc(c36)N7c3cccnc3-5)cc2)c2cccc-4c12. The summed E-state index contributed by atoms with van der Waals surface area (Å²) < 4.78 is 0. The van der Waals surface area contributed by atoms with E-state index in [9.17, 15) is 0 Å². The predicted octanol–water partition coefficient (Wildman–Crippen LogP) is 15.9. The van der Waals surface area contributed by atoms with E-state index < -0.39 is 0 Å². The molecular weight excluding hydrogens is 727 g/mol. The van der Waals surface area contributed by atoms with Crippen LogP contribution in [-0.4, -0.2) is 4.98 Å². The van der Waals surface area contributed by atoms with Gasteiger partial charge in [0.05, 0.1) is 39.8 Å². The number of pyridine rings is 1. The summed E-state index contributed by atoms with van der Waals surface area (Å²) in [4.78, 5) is 10.1. The number of fused-ring (bicyclic) bond motifs is 10. The summed E-state index contributed by atoms with van der Waals surface area (Å²) in [6.45, 7) is 0. The summed E-state index contributed by atoms with van der Waals surface area (Å²) in [5.41, 5.74) is 22.1. The van der Waals surface area contributed by atoms with Crippen LogP contribution in [0.1, 0.15) is 0 Å². The average molecular weight is 758 g/mol. The highest BCUT2D eigenvalue weighted by atomic mass is 15.2. The van der Waals surface area contributed by atoms with Crippen LogP contribution in [0, 0.1) is 0 Å². The minimum atomic E-state index is 1.02. The summed E-state index contributed by atoms with van der Waals surface area (Å²) in [5.74, 6) is 0. The molecule has 0 saturated carbocycles. The third-order valence-electron chi connectivity index (χ3n) is 13.8. The Labute approximate surface area is 345 Å². The molecule has 0 bridgehead atoms. The first kappa shape index (κ1) is 31.0. The van der Waals surface area contributed by atoms with Crippen LogP contribution >= 0.6 is 0 Å². The Balaban J connectivity index is 0.893. The van der Waals surface area contributed by atoms with Gasteiger partial charge in [0.1, 0.15) is 0 Å². The maximum Gasteiger partial charge on any atom is 0.0949 e. The third-order valence-corrected chi connectivity index (χ3v) is 13.8. The lowest BCUT2D eigenvalue weighted by Gasteiger charge is -2.39. The second kappa shape index (κ2) is 10.9. The van der Waals surface area contributed by atoms with Gasteiger partial charge in [-0.05, 0) is 103 Å². The molecule has 0 amide bonds. The standard InChI is InChI=1S/C57H31N3/c1-2-16-47-39(11-1)41-12-4-9-35-23-25-45-43-15-6-14-40-38(27-28-49(54(40)43)59(47)56(45)52(35)41)33-21-19-32(20-22-33)37-30-36-24-26-44-42-13-3-8-34-10-5-17-48(51(34)42)60-50-18-7-29-58-55(50)46(31-37)53(36)57(44)60/h1-31H. The lowest BCUT2D eigenvalue weighted by Crippen LogP contribution is -2.19. The molecule has 0 N–H and O–H groups in total. The average Bonchev–Trinajstić information content (AvgIpc) is 3.31. The first-order chi connectivity index (χ1) is 29.8. The van der Waals surface area contributed by atoms with Crippen molar-refractivity contribution in [2.45, 2.75) is 0 Å². The number of hydrogen-bond donors (Lipinski definition) is 0. The molecule has 0 aliphatic carbocycles. The van der Waals surface area contributed by atoms with Crippen molar-refractivity contribution in [3.05, 3.63) is 188 Å². The minimum Gasteiger partial charge on any atom is -0.308 e. The van der Waals surface area contributed by atoms with E-state index >= 15 is 0 Å². The van der Waals surface area contributed by atoms with Gasteiger partial charge >= 0.3 is 0 Å². The zero-order chi connectivity index (χ0) is 38.8. The summed E-state index contributed by atoms with van der Waals surface area (Å²) in [6, 6.07) is 68.0. The van der Waals surface area contributed by atoms with Crippen molar-refractivity contribution >= 4 is 77.2 Å². The molecule has 1 aromatic heterocycles. The second-order valence-corrected chi connectivity index (χ2v) is 16.6. The highest BCUT2D eigenvalue weighted by molar-refractivity contribution is 6.27. The van der Waals surface area contributed by atoms with E-state index in [-0.39, 0.29) is 0 Å². The Morgan fingerprint density at radius 3 is 1.72 bits per heavy atom. The van der Waals surface area contributed by atoms with Gasteiger partial charge in [-0.25, -0.2) is 0 Å². The summed E-state index contributed by atoms with van der Waals surface area (Å²) in [6.07, 6.45) is 1.93. The molecule has 11 aromatic rings. The number of benzene rings is 10. The number of aromatic nitrogens is 1. The van der Waals surface area contributed by atoms with Crippen LogP contribution < -0.4 is 9.80 Å². The second-order valence-electron chi connectivity index (χ2n) is 16.6. The summed E-state index contributed by atoms with van der Waals surface area (Å²) in [7, 11) is 0. The lowest BCUT2D eigenvalue weighted by molar-refractivity contribution is 1.23. The topological polar surface area (TPSA) is 19.4 Å². The Kier molecular flexibility index (Phi) is 5.65. The van der Waals surface area contributed by atoms with Crippen LogP contribution in [0.4, 0.5) is 34.1 Å². The van der Waals surface area contributed by atoms with E-state index in [0.29, 0.717) is 0 Å². The van der Waals surface area contributed by atoms with Crippen LogP contribution in [-0.2, 0) is 0 Å². The number of hydrogen-bond acceptors (Lipinski definition) is 3. The van der Waals surface area contributed by atoms with E-state index in [1.165, 1.54) is 133 Å². The van der Waals surface area contributed by atoms with Gasteiger partial charge in [0, 0.05) is 50.0 Å². The largest absolute Gasteiger partial charge is 0.308 e. The lowest BCUT2D eigenvalue weighted by atomic mass is 9.82. The normalized spacial score (nSPS) is 13.3. The van der Waals surface area contributed by atoms with Crippen LogP contribution in [0.5, 0.6) is 0 Å². The van der Waals surface area contributed by atoms with Gasteiger partial charge in [-0.15, -0.1) is 0 Å². The van der Waals surface area contributed by atoms with Crippen molar-refractivity contribution in [1.29, 1.82) is 0 Å². The molecule has 10 aromatic carbocycles. The zero-order valence-electron chi connectivity index (χ0n) is 32.2. The maximum atomic E-state index is 5.07. The van der Waals surface area contributed by atoms with Gasteiger partial charge in [-0.3, -0.25) is 4.98 Å². The molecule has 0 unspecified atom stereocenters. The third kappa shape index (κ3) is 3.74. The minimum absolute atomic E-state index is 1.02. The molecule has 0 radical (unpaired) electrons. The molecule has 60 heavy (non-hydrogen) atoms. The number of anilines is 6. The Morgan fingerprint density at radius 1 is 0.300 bits per heavy atom. The predicted molar refractivity (Wildman–Crippen MR) is 250 cm³/mol. The van der Waals surface area contributed by atoms with Gasteiger partial charge in [-0.2, -0.15) is 0 Å². The van der Waals surface area contributed by atoms with Crippen LogP contribution in [0.25, 0.3) is 110 Å². The quantitative estimate of drug-likeness (QED) is 0.175. The molecule has 0 spiro atoms. The molecule has 3 heteroatoms. The molecule has 0 atom stereocenters. The van der Waals surface area contributed by atoms with Crippen molar-refractivity contribution in [2.24, 2.45) is 0 Å². The molecule has 4 aliphatic heterocycles. The zero-order valence-corrected chi connectivity index (χ0v) is 32.2. The fourth-order valence-electron chi connectivity index (χ4n) is 11.3. The van der Waals surface area contributed by atoms with Crippen molar-refractivity contribution < 1.29 is 0 Å². The van der Waals surface area contributed by atoms with E-state index in [1.807, 2.05) is 6.20 Å². The van der Waals surface area contributed by atoms with Crippen molar-refractivity contribution in [3.63, 3.8) is 0 Å². The van der Waals surface area contributed by atoms with Gasteiger partial charge in [0.2, 0.25) is 0 Å². The summed E-state index contributed by atoms with van der Waals surface area (Å²) in [5, 5.41) is 10.2. The van der Waals surface area contributed by atoms with E-state index in [0.717, 1.165) is 11.4 Å². The van der Waals surface area contributed by atoms with Crippen molar-refractivity contribution in [3.8, 4) is 66.9 Å². The fourth-order valence-corrected chi connectivity index (χ4v) is 11.3. The smallest absolute Gasteiger partial charge is 0.0949 e.